The average molecular weight is 657 g/mol. The van der Waals surface area contributed by atoms with E-state index in [0.29, 0.717) is 12.8 Å². The SMILES string of the molecule is CC/C=C\C/C=C\C/C=C\CCCCCCCC(=O)C(O)(C(=O)CCCCCCC/C=C\C/C=C\CCCCC)C(O)(CO)C(C)=O. The minimum atomic E-state index is -2.94. The fraction of sp³-hybridized carbons (Fsp3) is 0.683. The topological polar surface area (TPSA) is 112 Å². The van der Waals surface area contributed by atoms with Crippen molar-refractivity contribution < 1.29 is 29.7 Å². The summed E-state index contributed by atoms with van der Waals surface area (Å²) in [5.74, 6) is -2.78. The van der Waals surface area contributed by atoms with Crippen LogP contribution in [-0.4, -0.2) is 50.5 Å². The zero-order chi connectivity index (χ0) is 35.1. The van der Waals surface area contributed by atoms with Gasteiger partial charge in [0.25, 0.3) is 0 Å². The highest BCUT2D eigenvalue weighted by molar-refractivity contribution is 6.16. The molecule has 0 saturated carbocycles. The van der Waals surface area contributed by atoms with Crippen LogP contribution in [0.2, 0.25) is 0 Å². The van der Waals surface area contributed by atoms with Crippen molar-refractivity contribution in [3.05, 3.63) is 60.8 Å². The Hall–Kier alpha value is -2.41. The quantitative estimate of drug-likeness (QED) is 0.0378. The molecule has 0 aromatic carbocycles. The Morgan fingerprint density at radius 3 is 1.26 bits per heavy atom. The maximum Gasteiger partial charge on any atom is 0.219 e. The molecule has 2 unspecified atom stereocenters. The Labute approximate surface area is 287 Å². The van der Waals surface area contributed by atoms with Crippen molar-refractivity contribution in [2.45, 2.75) is 173 Å². The predicted octanol–water partition coefficient (Wildman–Crippen LogP) is 9.57. The number of carbonyl (C=O) groups is 3. The van der Waals surface area contributed by atoms with E-state index in [9.17, 15) is 29.7 Å². The van der Waals surface area contributed by atoms with Gasteiger partial charge in [0, 0.05) is 12.8 Å². The standard InChI is InChI=1S/C41H68O6/c1-4-6-8-10-12-14-16-18-20-22-24-26-28-30-32-34-38(44)41(47,40(46,36-42)37(3)43)39(45)35-33-31-29-27-25-23-21-19-17-15-13-11-9-7-5-2/h6,8,12-15,18-21,42,46-47H,4-5,7,9-11,16-17,22-36H2,1-3H3/b8-6-,14-12-,15-13-,20-18-,21-19-. The van der Waals surface area contributed by atoms with Crippen LogP contribution in [0.4, 0.5) is 0 Å². The van der Waals surface area contributed by atoms with Gasteiger partial charge in [-0.05, 0) is 84.0 Å². The third-order valence-corrected chi connectivity index (χ3v) is 8.63. The van der Waals surface area contributed by atoms with Crippen LogP contribution in [0.25, 0.3) is 0 Å². The van der Waals surface area contributed by atoms with E-state index < -0.39 is 35.2 Å². The molecule has 0 amide bonds. The molecular weight excluding hydrogens is 588 g/mol. The number of unbranched alkanes of at least 4 members (excludes halogenated alkanes) is 13. The molecule has 2 atom stereocenters. The number of aliphatic hydroxyl groups excluding tert-OH is 1. The van der Waals surface area contributed by atoms with Crippen LogP contribution < -0.4 is 0 Å². The maximum atomic E-state index is 13.2. The average Bonchev–Trinajstić information content (AvgIpc) is 3.06. The van der Waals surface area contributed by atoms with Crippen molar-refractivity contribution in [2.75, 3.05) is 6.61 Å². The summed E-state index contributed by atoms with van der Waals surface area (Å²) in [7, 11) is 0. The molecule has 0 heterocycles. The monoisotopic (exact) mass is 657 g/mol. The first-order valence-corrected chi connectivity index (χ1v) is 18.6. The van der Waals surface area contributed by atoms with Crippen LogP contribution in [0.3, 0.4) is 0 Å². The molecule has 0 radical (unpaired) electrons. The Balaban J connectivity index is 4.50. The minimum absolute atomic E-state index is 0.137. The van der Waals surface area contributed by atoms with E-state index in [4.69, 9.17) is 0 Å². The number of allylic oxidation sites excluding steroid dienone is 10. The zero-order valence-corrected chi connectivity index (χ0v) is 30.1. The van der Waals surface area contributed by atoms with Crippen molar-refractivity contribution in [3.8, 4) is 0 Å². The molecule has 6 nitrogen and oxygen atoms in total. The lowest BCUT2D eigenvalue weighted by atomic mass is 9.72. The summed E-state index contributed by atoms with van der Waals surface area (Å²) in [4.78, 5) is 38.7. The van der Waals surface area contributed by atoms with Gasteiger partial charge in [-0.15, -0.1) is 0 Å². The highest BCUT2D eigenvalue weighted by Gasteiger charge is 2.61. The molecule has 268 valence electrons. The van der Waals surface area contributed by atoms with E-state index in [2.05, 4.69) is 74.6 Å². The summed E-state index contributed by atoms with van der Waals surface area (Å²) in [6, 6.07) is 0. The third-order valence-electron chi connectivity index (χ3n) is 8.63. The van der Waals surface area contributed by atoms with E-state index in [1.54, 1.807) is 0 Å². The fourth-order valence-electron chi connectivity index (χ4n) is 5.46. The molecule has 0 aliphatic heterocycles. The van der Waals surface area contributed by atoms with E-state index in [1.165, 1.54) is 19.3 Å². The molecule has 6 heteroatoms. The van der Waals surface area contributed by atoms with Crippen molar-refractivity contribution in [2.24, 2.45) is 0 Å². The lowest BCUT2D eigenvalue weighted by molar-refractivity contribution is -0.193. The van der Waals surface area contributed by atoms with Crippen molar-refractivity contribution >= 4 is 17.3 Å². The molecular formula is C41H68O6. The first-order chi connectivity index (χ1) is 22.7. The van der Waals surface area contributed by atoms with E-state index >= 15 is 0 Å². The van der Waals surface area contributed by atoms with Crippen LogP contribution in [-0.2, 0) is 14.4 Å². The fourth-order valence-corrected chi connectivity index (χ4v) is 5.46. The van der Waals surface area contributed by atoms with E-state index in [0.717, 1.165) is 103 Å². The summed E-state index contributed by atoms with van der Waals surface area (Å²) < 4.78 is 0. The van der Waals surface area contributed by atoms with Gasteiger partial charge < -0.3 is 15.3 Å². The molecule has 0 bridgehead atoms. The van der Waals surface area contributed by atoms with Crippen LogP contribution in [0.15, 0.2) is 60.8 Å². The second-order valence-electron chi connectivity index (χ2n) is 12.7. The van der Waals surface area contributed by atoms with Gasteiger partial charge in [-0.1, -0.05) is 126 Å². The zero-order valence-electron chi connectivity index (χ0n) is 30.1. The van der Waals surface area contributed by atoms with Gasteiger partial charge in [0.05, 0.1) is 6.61 Å². The van der Waals surface area contributed by atoms with Crippen molar-refractivity contribution in [3.63, 3.8) is 0 Å². The van der Waals surface area contributed by atoms with Gasteiger partial charge in [0.1, 0.15) is 0 Å². The highest BCUT2D eigenvalue weighted by atomic mass is 16.4. The van der Waals surface area contributed by atoms with Gasteiger partial charge in [0.2, 0.25) is 5.60 Å². The second kappa shape index (κ2) is 29.7. The van der Waals surface area contributed by atoms with Crippen LogP contribution in [0.5, 0.6) is 0 Å². The Morgan fingerprint density at radius 2 is 0.872 bits per heavy atom. The first-order valence-electron chi connectivity index (χ1n) is 18.6. The molecule has 47 heavy (non-hydrogen) atoms. The van der Waals surface area contributed by atoms with Gasteiger partial charge in [-0.3, -0.25) is 14.4 Å². The predicted molar refractivity (Wildman–Crippen MR) is 196 cm³/mol. The van der Waals surface area contributed by atoms with Gasteiger partial charge >= 0.3 is 0 Å². The molecule has 0 aromatic heterocycles. The normalized spacial score (nSPS) is 15.0. The van der Waals surface area contributed by atoms with Crippen LogP contribution in [0, 0.1) is 0 Å². The smallest absolute Gasteiger partial charge is 0.219 e. The second-order valence-corrected chi connectivity index (χ2v) is 12.7. The first kappa shape index (κ1) is 44.6. The van der Waals surface area contributed by atoms with Gasteiger partial charge in [-0.25, -0.2) is 0 Å². The Morgan fingerprint density at radius 1 is 0.511 bits per heavy atom. The number of hydrogen-bond acceptors (Lipinski definition) is 6. The largest absolute Gasteiger partial charge is 0.393 e. The number of ketones is 3. The molecule has 0 aliphatic carbocycles. The molecule has 0 aromatic rings. The van der Waals surface area contributed by atoms with Crippen LogP contribution >= 0.6 is 0 Å². The summed E-state index contributed by atoms with van der Waals surface area (Å²) in [5, 5.41) is 32.0. The van der Waals surface area contributed by atoms with E-state index in [1.807, 2.05) is 0 Å². The number of aliphatic hydroxyl groups is 3. The summed E-state index contributed by atoms with van der Waals surface area (Å²) in [5.41, 5.74) is -5.78. The van der Waals surface area contributed by atoms with Gasteiger partial charge in [-0.2, -0.15) is 0 Å². The number of hydrogen-bond donors (Lipinski definition) is 3. The summed E-state index contributed by atoms with van der Waals surface area (Å²) in [6.07, 6.45) is 40.7. The number of rotatable bonds is 32. The van der Waals surface area contributed by atoms with Crippen molar-refractivity contribution in [1.29, 1.82) is 0 Å². The summed E-state index contributed by atoms with van der Waals surface area (Å²) >= 11 is 0. The lowest BCUT2D eigenvalue weighted by Gasteiger charge is -2.38. The molecule has 0 rings (SSSR count). The van der Waals surface area contributed by atoms with Crippen LogP contribution in [0.1, 0.15) is 162 Å². The Bertz CT molecular complexity index is 974. The molecule has 0 aliphatic rings. The number of Topliss-reactive ketones (excluding diaryl/α,β-unsaturated/α-hetero) is 3. The third kappa shape index (κ3) is 19.9. The number of carbonyl (C=O) groups excluding carboxylic acids is 3. The molecule has 0 saturated heterocycles. The maximum absolute atomic E-state index is 13.2. The van der Waals surface area contributed by atoms with E-state index in [-0.39, 0.29) is 12.8 Å². The van der Waals surface area contributed by atoms with Crippen molar-refractivity contribution in [1.82, 2.24) is 0 Å². The molecule has 0 fully saturated rings. The molecule has 3 N–H and O–H groups in total. The molecule has 0 spiro atoms. The lowest BCUT2D eigenvalue weighted by Crippen LogP contribution is -2.69. The summed E-state index contributed by atoms with van der Waals surface area (Å²) in [6.45, 7) is 4.12. The minimum Gasteiger partial charge on any atom is -0.393 e. The Kier molecular flexibility index (Phi) is 28.2. The highest BCUT2D eigenvalue weighted by Crippen LogP contribution is 2.30. The van der Waals surface area contributed by atoms with Gasteiger partial charge in [0.15, 0.2) is 23.0 Å².